The molecule has 0 amide bonds. The lowest BCUT2D eigenvalue weighted by Gasteiger charge is -2.19. The predicted molar refractivity (Wildman–Crippen MR) is 47.8 cm³/mol. The summed E-state index contributed by atoms with van der Waals surface area (Å²) < 4.78 is 0. The summed E-state index contributed by atoms with van der Waals surface area (Å²) >= 11 is 1.92. The maximum atomic E-state index is 2.47. The molecular weight excluding hydrogens is 154 g/mol. The highest BCUT2D eigenvalue weighted by Gasteiger charge is 2.21. The SMILES string of the molecule is CC[C@H]1[NH2+]CCc2sccc21. The number of quaternary nitrogens is 1. The molecule has 2 heteroatoms. The van der Waals surface area contributed by atoms with E-state index in [0.717, 1.165) is 6.04 Å². The molecule has 0 aromatic carbocycles. The van der Waals surface area contributed by atoms with Gasteiger partial charge in [0.2, 0.25) is 0 Å². The molecular formula is C9H14NS+. The van der Waals surface area contributed by atoms with Crippen LogP contribution in [0.1, 0.15) is 29.8 Å². The lowest BCUT2D eigenvalue weighted by molar-refractivity contribution is -0.699. The van der Waals surface area contributed by atoms with Crippen molar-refractivity contribution in [2.45, 2.75) is 25.8 Å². The summed E-state index contributed by atoms with van der Waals surface area (Å²) in [6, 6.07) is 3.05. The van der Waals surface area contributed by atoms with Gasteiger partial charge in [0.25, 0.3) is 0 Å². The molecule has 1 nitrogen and oxygen atoms in total. The number of hydrogen-bond donors (Lipinski definition) is 1. The zero-order chi connectivity index (χ0) is 7.68. The summed E-state index contributed by atoms with van der Waals surface area (Å²) in [5.74, 6) is 0. The second-order valence-corrected chi connectivity index (χ2v) is 4.09. The van der Waals surface area contributed by atoms with Gasteiger partial charge >= 0.3 is 0 Å². The lowest BCUT2D eigenvalue weighted by atomic mass is 10.0. The first kappa shape index (κ1) is 7.32. The van der Waals surface area contributed by atoms with Crippen LogP contribution in [0, 0.1) is 0 Å². The van der Waals surface area contributed by atoms with Gasteiger partial charge in [-0.1, -0.05) is 6.92 Å². The monoisotopic (exact) mass is 168 g/mol. The van der Waals surface area contributed by atoms with Crippen molar-refractivity contribution < 1.29 is 5.32 Å². The zero-order valence-corrected chi connectivity index (χ0v) is 7.66. The molecule has 0 saturated heterocycles. The van der Waals surface area contributed by atoms with Crippen LogP contribution in [0.25, 0.3) is 0 Å². The van der Waals surface area contributed by atoms with Crippen LogP contribution in [0.5, 0.6) is 0 Å². The molecule has 1 atom stereocenters. The Morgan fingerprint density at radius 1 is 1.73 bits per heavy atom. The van der Waals surface area contributed by atoms with Crippen molar-refractivity contribution in [2.24, 2.45) is 0 Å². The summed E-state index contributed by atoms with van der Waals surface area (Å²) in [5.41, 5.74) is 1.60. The third kappa shape index (κ3) is 1.21. The molecule has 1 aliphatic heterocycles. The first-order chi connectivity index (χ1) is 5.42. The van der Waals surface area contributed by atoms with Gasteiger partial charge in [-0.25, -0.2) is 0 Å². The Hall–Kier alpha value is -0.340. The summed E-state index contributed by atoms with van der Waals surface area (Å²) in [6.45, 7) is 3.56. The van der Waals surface area contributed by atoms with E-state index in [1.165, 1.54) is 19.4 Å². The highest BCUT2D eigenvalue weighted by atomic mass is 32.1. The Kier molecular flexibility index (Phi) is 1.96. The molecule has 0 radical (unpaired) electrons. The van der Waals surface area contributed by atoms with Crippen molar-refractivity contribution in [1.82, 2.24) is 0 Å². The highest BCUT2D eigenvalue weighted by Crippen LogP contribution is 2.25. The molecule has 1 aromatic heterocycles. The average molecular weight is 168 g/mol. The third-order valence-corrected chi connectivity index (χ3v) is 3.44. The molecule has 0 fully saturated rings. The molecule has 0 saturated carbocycles. The number of thiophene rings is 1. The second kappa shape index (κ2) is 2.95. The van der Waals surface area contributed by atoms with Crippen LogP contribution >= 0.6 is 11.3 Å². The van der Waals surface area contributed by atoms with E-state index in [1.54, 1.807) is 10.4 Å². The van der Waals surface area contributed by atoms with E-state index in [-0.39, 0.29) is 0 Å². The van der Waals surface area contributed by atoms with Gasteiger partial charge in [-0.05, 0) is 11.4 Å². The summed E-state index contributed by atoms with van der Waals surface area (Å²) in [4.78, 5) is 1.62. The highest BCUT2D eigenvalue weighted by molar-refractivity contribution is 7.10. The number of fused-ring (bicyclic) bond motifs is 1. The van der Waals surface area contributed by atoms with E-state index in [2.05, 4.69) is 23.7 Å². The maximum Gasteiger partial charge on any atom is 0.112 e. The fourth-order valence-corrected chi connectivity index (χ4v) is 2.78. The molecule has 2 N–H and O–H groups in total. The van der Waals surface area contributed by atoms with Crippen LogP contribution in [-0.4, -0.2) is 6.54 Å². The quantitative estimate of drug-likeness (QED) is 0.651. The van der Waals surface area contributed by atoms with E-state index in [9.17, 15) is 0 Å². The van der Waals surface area contributed by atoms with Gasteiger partial charge in [-0.3, -0.25) is 0 Å². The normalized spacial score (nSPS) is 23.2. The smallest absolute Gasteiger partial charge is 0.112 e. The Morgan fingerprint density at radius 2 is 2.64 bits per heavy atom. The minimum atomic E-state index is 0.755. The van der Waals surface area contributed by atoms with Crippen LogP contribution in [0.4, 0.5) is 0 Å². The van der Waals surface area contributed by atoms with E-state index < -0.39 is 0 Å². The molecule has 11 heavy (non-hydrogen) atoms. The molecule has 0 aliphatic carbocycles. The summed E-state index contributed by atoms with van der Waals surface area (Å²) in [5, 5.41) is 4.70. The van der Waals surface area contributed by atoms with Gasteiger partial charge in [0.1, 0.15) is 6.04 Å². The molecule has 2 rings (SSSR count). The van der Waals surface area contributed by atoms with E-state index in [1.807, 2.05) is 11.3 Å². The van der Waals surface area contributed by atoms with Gasteiger partial charge < -0.3 is 5.32 Å². The Bertz CT molecular complexity index is 241. The Labute approximate surface area is 71.4 Å². The van der Waals surface area contributed by atoms with Gasteiger partial charge in [0.05, 0.1) is 6.54 Å². The summed E-state index contributed by atoms with van der Waals surface area (Å²) in [7, 11) is 0. The molecule has 1 aliphatic rings. The maximum absolute atomic E-state index is 2.47. The topological polar surface area (TPSA) is 16.6 Å². The van der Waals surface area contributed by atoms with Crippen LogP contribution in [0.15, 0.2) is 11.4 Å². The van der Waals surface area contributed by atoms with Gasteiger partial charge in [0.15, 0.2) is 0 Å². The Morgan fingerprint density at radius 3 is 3.45 bits per heavy atom. The standard InChI is InChI=1S/C9H13NS/c1-2-8-7-4-6-11-9(7)3-5-10-8/h4,6,8,10H,2-3,5H2,1H3/p+1/t8-/m1/s1. The third-order valence-electron chi connectivity index (χ3n) is 2.44. The van der Waals surface area contributed by atoms with Crippen molar-refractivity contribution in [1.29, 1.82) is 0 Å². The van der Waals surface area contributed by atoms with E-state index >= 15 is 0 Å². The van der Waals surface area contributed by atoms with Crippen molar-refractivity contribution >= 4 is 11.3 Å². The van der Waals surface area contributed by atoms with E-state index in [4.69, 9.17) is 0 Å². The van der Waals surface area contributed by atoms with Crippen LogP contribution in [0.2, 0.25) is 0 Å². The molecule has 1 aromatic rings. The van der Waals surface area contributed by atoms with E-state index in [0.29, 0.717) is 0 Å². The largest absolute Gasteiger partial charge is 0.340 e. The summed E-state index contributed by atoms with van der Waals surface area (Å²) in [6.07, 6.45) is 2.55. The molecule has 60 valence electrons. The molecule has 0 unspecified atom stereocenters. The van der Waals surface area contributed by atoms with Gasteiger partial charge in [-0.2, -0.15) is 0 Å². The van der Waals surface area contributed by atoms with Crippen LogP contribution < -0.4 is 5.32 Å². The van der Waals surface area contributed by atoms with Gasteiger partial charge in [0, 0.05) is 23.3 Å². The molecule has 0 spiro atoms. The van der Waals surface area contributed by atoms with Crippen molar-refractivity contribution in [3.05, 3.63) is 21.9 Å². The minimum absolute atomic E-state index is 0.755. The van der Waals surface area contributed by atoms with Crippen molar-refractivity contribution in [2.75, 3.05) is 6.54 Å². The lowest BCUT2D eigenvalue weighted by Crippen LogP contribution is -2.87. The van der Waals surface area contributed by atoms with Crippen LogP contribution in [0.3, 0.4) is 0 Å². The fourth-order valence-electron chi connectivity index (χ4n) is 1.81. The number of rotatable bonds is 1. The molecule has 0 bridgehead atoms. The first-order valence-electron chi connectivity index (χ1n) is 4.31. The van der Waals surface area contributed by atoms with Gasteiger partial charge in [-0.15, -0.1) is 11.3 Å². The van der Waals surface area contributed by atoms with Crippen molar-refractivity contribution in [3.8, 4) is 0 Å². The number of nitrogens with two attached hydrogens (primary N) is 1. The van der Waals surface area contributed by atoms with Crippen LogP contribution in [-0.2, 0) is 6.42 Å². The minimum Gasteiger partial charge on any atom is -0.340 e. The zero-order valence-electron chi connectivity index (χ0n) is 6.84. The first-order valence-corrected chi connectivity index (χ1v) is 5.19. The average Bonchev–Trinajstić information content (AvgIpc) is 2.50. The van der Waals surface area contributed by atoms with Crippen molar-refractivity contribution in [3.63, 3.8) is 0 Å². The molecule has 2 heterocycles. The predicted octanol–water partition coefficient (Wildman–Crippen LogP) is 1.32. The second-order valence-electron chi connectivity index (χ2n) is 3.09. The Balaban J connectivity index is 2.32. The number of hydrogen-bond acceptors (Lipinski definition) is 1. The fraction of sp³-hybridized carbons (Fsp3) is 0.556.